The first kappa shape index (κ1) is 16.5. The third-order valence-corrected chi connectivity index (χ3v) is 5.17. The zero-order valence-electron chi connectivity index (χ0n) is 12.9. The number of thiophene rings is 1. The quantitative estimate of drug-likeness (QED) is 0.766. The molecule has 0 aliphatic carbocycles. The molecule has 0 radical (unpaired) electrons. The Morgan fingerprint density at radius 1 is 1.14 bits per heavy atom. The number of ether oxygens (including phenoxy) is 1. The van der Waals surface area contributed by atoms with Crippen LogP contribution < -0.4 is 10.5 Å². The molecule has 2 atom stereocenters. The van der Waals surface area contributed by atoms with Gasteiger partial charge in [0.1, 0.15) is 11.9 Å². The van der Waals surface area contributed by atoms with Gasteiger partial charge in [-0.15, -0.1) is 11.3 Å². The van der Waals surface area contributed by atoms with E-state index < -0.39 is 0 Å². The Bertz CT molecular complexity index is 607. The lowest BCUT2D eigenvalue weighted by Crippen LogP contribution is -2.28. The number of nitrogens with two attached hydrogens (primary N) is 1. The molecule has 2 aromatic rings. The van der Waals surface area contributed by atoms with E-state index in [9.17, 15) is 0 Å². The van der Waals surface area contributed by atoms with Gasteiger partial charge < -0.3 is 10.5 Å². The molecule has 2 nitrogen and oxygen atoms in total. The Morgan fingerprint density at radius 3 is 2.38 bits per heavy atom. The number of benzene rings is 1. The molecule has 2 rings (SSSR count). The molecule has 0 aliphatic heterocycles. The van der Waals surface area contributed by atoms with E-state index in [1.807, 2.05) is 13.0 Å². The van der Waals surface area contributed by atoms with Gasteiger partial charge >= 0.3 is 0 Å². The zero-order chi connectivity index (χ0) is 15.6. The second kappa shape index (κ2) is 6.95. The Balaban J connectivity index is 2.31. The molecule has 0 bridgehead atoms. The smallest absolute Gasteiger partial charge is 0.148 e. The van der Waals surface area contributed by atoms with Crippen LogP contribution in [0, 0.1) is 6.92 Å². The first-order chi connectivity index (χ1) is 9.88. The maximum atomic E-state index is 6.26. The fourth-order valence-corrected chi connectivity index (χ4v) is 3.71. The maximum absolute atomic E-state index is 6.26. The largest absolute Gasteiger partial charge is 0.483 e. The molecule has 0 fully saturated rings. The Kier molecular flexibility index (Phi) is 5.47. The van der Waals surface area contributed by atoms with E-state index in [0.29, 0.717) is 5.92 Å². The van der Waals surface area contributed by atoms with Crippen LogP contribution in [0.15, 0.2) is 34.1 Å². The number of hydrogen-bond acceptors (Lipinski definition) is 3. The fourth-order valence-electron chi connectivity index (χ4n) is 2.15. The van der Waals surface area contributed by atoms with Crippen molar-refractivity contribution in [1.29, 1.82) is 0 Å². The van der Waals surface area contributed by atoms with Gasteiger partial charge in [0.15, 0.2) is 0 Å². The van der Waals surface area contributed by atoms with Crippen LogP contribution in [0.25, 0.3) is 0 Å². The molecule has 114 valence electrons. The van der Waals surface area contributed by atoms with Gasteiger partial charge in [-0.1, -0.05) is 26.0 Å². The van der Waals surface area contributed by atoms with Crippen molar-refractivity contribution in [2.45, 2.75) is 45.8 Å². The standard InChI is InChI=1S/C17H22BrNOS/c1-10(2)13-6-5-11(3)14(9-13)20-17(12(4)19)15-7-8-16(18)21-15/h5-10,12,17H,19H2,1-4H3. The topological polar surface area (TPSA) is 35.2 Å². The number of halogens is 1. The summed E-state index contributed by atoms with van der Waals surface area (Å²) < 4.78 is 7.36. The minimum absolute atomic E-state index is 0.0716. The highest BCUT2D eigenvalue weighted by molar-refractivity contribution is 9.11. The summed E-state index contributed by atoms with van der Waals surface area (Å²) in [7, 11) is 0. The molecule has 0 saturated carbocycles. The predicted octanol–water partition coefficient (Wildman–Crippen LogP) is 5.41. The van der Waals surface area contributed by atoms with E-state index in [2.05, 4.69) is 61.0 Å². The van der Waals surface area contributed by atoms with E-state index in [1.54, 1.807) is 11.3 Å². The molecular formula is C17H22BrNOS. The Hall–Kier alpha value is -0.840. The summed E-state index contributed by atoms with van der Waals surface area (Å²) >= 11 is 5.17. The van der Waals surface area contributed by atoms with Gasteiger partial charge in [-0.05, 0) is 65.0 Å². The summed E-state index contributed by atoms with van der Waals surface area (Å²) in [5, 5.41) is 0. The van der Waals surface area contributed by atoms with Crippen molar-refractivity contribution in [3.05, 3.63) is 50.1 Å². The van der Waals surface area contributed by atoms with Crippen LogP contribution in [-0.2, 0) is 0 Å². The molecule has 1 aromatic heterocycles. The third kappa shape index (κ3) is 4.09. The number of rotatable bonds is 5. The Labute approximate surface area is 139 Å². The summed E-state index contributed by atoms with van der Waals surface area (Å²) in [6.07, 6.45) is -0.123. The molecule has 1 heterocycles. The van der Waals surface area contributed by atoms with Crippen molar-refractivity contribution in [1.82, 2.24) is 0 Å². The molecule has 1 aromatic carbocycles. The second-order valence-electron chi connectivity index (χ2n) is 5.72. The third-order valence-electron chi connectivity index (χ3n) is 3.48. The average molecular weight is 368 g/mol. The van der Waals surface area contributed by atoms with Crippen LogP contribution in [-0.4, -0.2) is 6.04 Å². The molecular weight excluding hydrogens is 346 g/mol. The van der Waals surface area contributed by atoms with Gasteiger partial charge in [0, 0.05) is 10.9 Å². The van der Waals surface area contributed by atoms with Gasteiger partial charge in [-0.2, -0.15) is 0 Å². The monoisotopic (exact) mass is 367 g/mol. The van der Waals surface area contributed by atoms with Gasteiger partial charge in [-0.3, -0.25) is 0 Å². The summed E-state index contributed by atoms with van der Waals surface area (Å²) in [4.78, 5) is 1.14. The van der Waals surface area contributed by atoms with Gasteiger partial charge in [-0.25, -0.2) is 0 Å². The van der Waals surface area contributed by atoms with Crippen molar-refractivity contribution >= 4 is 27.3 Å². The SMILES string of the molecule is Cc1ccc(C(C)C)cc1OC(c1ccc(Br)s1)C(C)N. The highest BCUT2D eigenvalue weighted by Crippen LogP contribution is 2.34. The van der Waals surface area contributed by atoms with Crippen molar-refractivity contribution < 1.29 is 4.74 Å². The molecule has 2 unspecified atom stereocenters. The first-order valence-corrected chi connectivity index (χ1v) is 8.77. The lowest BCUT2D eigenvalue weighted by Gasteiger charge is -2.23. The molecule has 0 aliphatic rings. The van der Waals surface area contributed by atoms with Crippen molar-refractivity contribution in [3.63, 3.8) is 0 Å². The molecule has 2 N–H and O–H groups in total. The van der Waals surface area contributed by atoms with Crippen LogP contribution in [0.5, 0.6) is 5.75 Å². The van der Waals surface area contributed by atoms with Crippen molar-refractivity contribution in [3.8, 4) is 5.75 Å². The highest BCUT2D eigenvalue weighted by Gasteiger charge is 2.21. The van der Waals surface area contributed by atoms with E-state index >= 15 is 0 Å². The van der Waals surface area contributed by atoms with Crippen LogP contribution >= 0.6 is 27.3 Å². The minimum Gasteiger partial charge on any atom is -0.483 e. The fraction of sp³-hybridized carbons (Fsp3) is 0.412. The van der Waals surface area contributed by atoms with Crippen LogP contribution in [0.2, 0.25) is 0 Å². The second-order valence-corrected chi connectivity index (χ2v) is 8.21. The summed E-state index contributed by atoms with van der Waals surface area (Å²) in [5.41, 5.74) is 8.56. The number of aryl methyl sites for hydroxylation is 1. The van der Waals surface area contributed by atoms with Gasteiger partial charge in [0.05, 0.1) is 3.79 Å². The van der Waals surface area contributed by atoms with E-state index in [0.717, 1.165) is 20.0 Å². The van der Waals surface area contributed by atoms with Crippen LogP contribution in [0.4, 0.5) is 0 Å². The summed E-state index contributed by atoms with van der Waals surface area (Å²) in [5.74, 6) is 1.41. The molecule has 21 heavy (non-hydrogen) atoms. The summed E-state index contributed by atoms with van der Waals surface area (Å²) in [6.45, 7) is 8.43. The molecule has 4 heteroatoms. The maximum Gasteiger partial charge on any atom is 0.148 e. The van der Waals surface area contributed by atoms with Crippen LogP contribution in [0.1, 0.15) is 48.8 Å². The highest BCUT2D eigenvalue weighted by atomic mass is 79.9. The van der Waals surface area contributed by atoms with Crippen molar-refractivity contribution in [2.24, 2.45) is 5.73 Å². The Morgan fingerprint density at radius 2 is 1.86 bits per heavy atom. The minimum atomic E-state index is -0.123. The van der Waals surface area contributed by atoms with E-state index in [1.165, 1.54) is 5.56 Å². The molecule has 0 spiro atoms. The normalized spacial score (nSPS) is 14.2. The number of hydrogen-bond donors (Lipinski definition) is 1. The molecule has 0 saturated heterocycles. The lowest BCUT2D eigenvalue weighted by molar-refractivity contribution is 0.182. The van der Waals surface area contributed by atoms with Gasteiger partial charge in [0.2, 0.25) is 0 Å². The zero-order valence-corrected chi connectivity index (χ0v) is 15.3. The summed E-state index contributed by atoms with van der Waals surface area (Å²) in [6, 6.07) is 10.5. The predicted molar refractivity (Wildman–Crippen MR) is 94.3 cm³/mol. The lowest BCUT2D eigenvalue weighted by atomic mass is 10.0. The average Bonchev–Trinajstić information content (AvgIpc) is 2.83. The van der Waals surface area contributed by atoms with Crippen molar-refractivity contribution in [2.75, 3.05) is 0 Å². The first-order valence-electron chi connectivity index (χ1n) is 7.16. The van der Waals surface area contributed by atoms with E-state index in [-0.39, 0.29) is 12.1 Å². The van der Waals surface area contributed by atoms with Gasteiger partial charge in [0.25, 0.3) is 0 Å². The van der Waals surface area contributed by atoms with E-state index in [4.69, 9.17) is 10.5 Å². The van der Waals surface area contributed by atoms with Crippen LogP contribution in [0.3, 0.4) is 0 Å². The molecule has 0 amide bonds.